The van der Waals surface area contributed by atoms with Gasteiger partial charge >= 0.3 is 0 Å². The number of Topliss-reactive ketones (excluding diaryl/α,β-unsaturated/α-hetero) is 1. The summed E-state index contributed by atoms with van der Waals surface area (Å²) in [5.74, 6) is -0.628. The van der Waals surface area contributed by atoms with Gasteiger partial charge in [-0.15, -0.1) is 0 Å². The van der Waals surface area contributed by atoms with E-state index < -0.39 is 17.7 Å². The molecule has 1 fully saturated rings. The number of amides is 1. The van der Waals surface area contributed by atoms with Crippen LogP contribution in [0.15, 0.2) is 75.4 Å². The van der Waals surface area contributed by atoms with Crippen molar-refractivity contribution in [3.8, 4) is 0 Å². The number of aromatic amines is 1. The zero-order valence-electron chi connectivity index (χ0n) is 16.4. The highest BCUT2D eigenvalue weighted by atomic mass is 79.9. The van der Waals surface area contributed by atoms with Crippen LogP contribution in [0.4, 0.5) is 0 Å². The summed E-state index contributed by atoms with van der Waals surface area (Å²) in [5, 5.41) is 11.0. The lowest BCUT2D eigenvalue weighted by atomic mass is 9.95. The maximum atomic E-state index is 13.0. The second kappa shape index (κ2) is 9.20. The number of hydrogen-bond donors (Lipinski definition) is 2. The Morgan fingerprint density at radius 3 is 2.29 bits per heavy atom. The lowest BCUT2D eigenvalue weighted by molar-refractivity contribution is -0.139. The van der Waals surface area contributed by atoms with Gasteiger partial charge in [-0.05, 0) is 36.2 Å². The molecule has 158 valence electrons. The van der Waals surface area contributed by atoms with Crippen LogP contribution < -0.4 is 0 Å². The molecule has 4 rings (SSSR count). The molecule has 2 heterocycles. The molecule has 1 atom stereocenters. The van der Waals surface area contributed by atoms with Crippen LogP contribution in [0.25, 0.3) is 5.76 Å². The average molecular weight is 545 g/mol. The van der Waals surface area contributed by atoms with Crippen molar-refractivity contribution in [2.75, 3.05) is 6.54 Å². The summed E-state index contributed by atoms with van der Waals surface area (Å²) in [6, 6.07) is 13.8. The number of nitrogens with zero attached hydrogens (tertiary/aromatic N) is 2. The molecule has 0 spiro atoms. The van der Waals surface area contributed by atoms with E-state index in [9.17, 15) is 14.7 Å². The predicted octanol–water partition coefficient (Wildman–Crippen LogP) is 4.99. The molecule has 1 amide bonds. The van der Waals surface area contributed by atoms with Gasteiger partial charge in [0.25, 0.3) is 11.7 Å². The second-order valence-electron chi connectivity index (χ2n) is 7.19. The predicted molar refractivity (Wildman–Crippen MR) is 124 cm³/mol. The summed E-state index contributed by atoms with van der Waals surface area (Å²) in [4.78, 5) is 34.7. The fourth-order valence-electron chi connectivity index (χ4n) is 3.72. The molecule has 0 radical (unpaired) electrons. The lowest BCUT2D eigenvalue weighted by Gasteiger charge is -2.25. The molecule has 2 N–H and O–H groups in total. The number of imidazole rings is 1. The Kier molecular flexibility index (Phi) is 6.38. The van der Waals surface area contributed by atoms with Gasteiger partial charge in [0.05, 0.1) is 11.6 Å². The molecule has 2 aromatic carbocycles. The smallest absolute Gasteiger partial charge is 0.295 e. The van der Waals surface area contributed by atoms with Crippen LogP contribution >= 0.6 is 31.9 Å². The normalized spacial score (nSPS) is 18.0. The first kappa shape index (κ1) is 21.5. The number of benzene rings is 2. The maximum Gasteiger partial charge on any atom is 0.295 e. The third kappa shape index (κ3) is 4.50. The van der Waals surface area contributed by atoms with E-state index in [1.54, 1.807) is 41.6 Å². The fraction of sp³-hybridized carbons (Fsp3) is 0.174. The quantitative estimate of drug-likeness (QED) is 0.260. The highest BCUT2D eigenvalue weighted by Crippen LogP contribution is 2.39. The number of H-pyrrole nitrogens is 1. The van der Waals surface area contributed by atoms with E-state index in [1.807, 2.05) is 24.3 Å². The Morgan fingerprint density at radius 2 is 1.68 bits per heavy atom. The SMILES string of the molecule is O=C1C(=O)N(CCCc2ncc[nH]2)C(c2ccc(Br)cc2)/C1=C(\O)c1ccc(Br)cc1. The van der Waals surface area contributed by atoms with Crippen LogP contribution in [0.1, 0.15) is 29.4 Å². The van der Waals surface area contributed by atoms with Crippen molar-refractivity contribution in [1.82, 2.24) is 14.9 Å². The Labute approximate surface area is 196 Å². The molecule has 0 aliphatic carbocycles. The third-order valence-electron chi connectivity index (χ3n) is 5.21. The van der Waals surface area contributed by atoms with Crippen LogP contribution in [0, 0.1) is 0 Å². The van der Waals surface area contributed by atoms with E-state index in [0.717, 1.165) is 20.3 Å². The summed E-state index contributed by atoms with van der Waals surface area (Å²) in [6.45, 7) is 0.364. The summed E-state index contributed by atoms with van der Waals surface area (Å²) >= 11 is 6.79. The number of rotatable bonds is 6. The zero-order chi connectivity index (χ0) is 22.0. The monoisotopic (exact) mass is 543 g/mol. The molecule has 1 aliphatic heterocycles. The van der Waals surface area contributed by atoms with Crippen molar-refractivity contribution < 1.29 is 14.7 Å². The van der Waals surface area contributed by atoms with Crippen molar-refractivity contribution in [1.29, 1.82) is 0 Å². The number of hydrogen-bond acceptors (Lipinski definition) is 4. The second-order valence-corrected chi connectivity index (χ2v) is 9.02. The highest BCUT2D eigenvalue weighted by Gasteiger charge is 2.45. The van der Waals surface area contributed by atoms with Crippen LogP contribution in [0.2, 0.25) is 0 Å². The maximum absolute atomic E-state index is 13.0. The zero-order valence-corrected chi connectivity index (χ0v) is 19.6. The van der Waals surface area contributed by atoms with Crippen LogP contribution in [-0.2, 0) is 16.0 Å². The standard InChI is InChI=1S/C23H19Br2N3O3/c24-16-7-3-14(4-8-16)20-19(21(29)15-5-9-17(25)10-6-15)22(30)23(31)28(20)13-1-2-18-26-11-12-27-18/h3-12,20,29H,1-2,13H2,(H,26,27)/b21-19+. The minimum atomic E-state index is -0.675. The topological polar surface area (TPSA) is 86.3 Å². The lowest BCUT2D eigenvalue weighted by Crippen LogP contribution is -2.31. The van der Waals surface area contributed by atoms with Gasteiger partial charge in [0.15, 0.2) is 0 Å². The number of aliphatic hydroxyl groups excluding tert-OH is 1. The summed E-state index contributed by atoms with van der Waals surface area (Å²) in [6.07, 6.45) is 4.71. The van der Waals surface area contributed by atoms with E-state index >= 15 is 0 Å². The van der Waals surface area contributed by atoms with E-state index in [0.29, 0.717) is 24.9 Å². The van der Waals surface area contributed by atoms with Gasteiger partial charge in [-0.2, -0.15) is 0 Å². The largest absolute Gasteiger partial charge is 0.507 e. The molecule has 3 aromatic rings. The average Bonchev–Trinajstić information content (AvgIpc) is 3.37. The molecule has 1 saturated heterocycles. The van der Waals surface area contributed by atoms with Crippen LogP contribution in [0.3, 0.4) is 0 Å². The first-order valence-corrected chi connectivity index (χ1v) is 11.3. The van der Waals surface area contributed by atoms with E-state index in [-0.39, 0.29) is 11.3 Å². The number of halogens is 2. The Balaban J connectivity index is 1.72. The number of likely N-dealkylation sites (tertiary alicyclic amines) is 1. The van der Waals surface area contributed by atoms with Gasteiger partial charge < -0.3 is 15.0 Å². The van der Waals surface area contributed by atoms with Crippen molar-refractivity contribution in [2.24, 2.45) is 0 Å². The molecule has 8 heteroatoms. The number of nitrogens with one attached hydrogen (secondary N) is 1. The van der Waals surface area contributed by atoms with Gasteiger partial charge in [-0.3, -0.25) is 9.59 Å². The Bertz CT molecular complexity index is 1120. The van der Waals surface area contributed by atoms with Crippen molar-refractivity contribution in [3.63, 3.8) is 0 Å². The minimum Gasteiger partial charge on any atom is -0.507 e. The van der Waals surface area contributed by atoms with Gasteiger partial charge in [-0.25, -0.2) is 4.98 Å². The molecule has 0 bridgehead atoms. The van der Waals surface area contributed by atoms with Crippen molar-refractivity contribution in [2.45, 2.75) is 18.9 Å². The van der Waals surface area contributed by atoms with Crippen molar-refractivity contribution >= 4 is 49.3 Å². The molecule has 1 aliphatic rings. The molecule has 6 nitrogen and oxygen atoms in total. The molecular formula is C23H19Br2N3O3. The van der Waals surface area contributed by atoms with E-state index in [1.165, 1.54) is 0 Å². The summed E-state index contributed by atoms with van der Waals surface area (Å²) < 4.78 is 1.74. The number of aromatic nitrogens is 2. The number of aliphatic hydroxyl groups is 1. The van der Waals surface area contributed by atoms with E-state index in [4.69, 9.17) is 0 Å². The summed E-state index contributed by atoms with van der Waals surface area (Å²) in [7, 11) is 0. The summed E-state index contributed by atoms with van der Waals surface area (Å²) in [5.41, 5.74) is 1.35. The highest BCUT2D eigenvalue weighted by molar-refractivity contribution is 9.10. The first-order chi connectivity index (χ1) is 15.0. The van der Waals surface area contributed by atoms with Gasteiger partial charge in [0.2, 0.25) is 0 Å². The van der Waals surface area contributed by atoms with Crippen molar-refractivity contribution in [3.05, 3.63) is 92.4 Å². The molecule has 1 unspecified atom stereocenters. The van der Waals surface area contributed by atoms with Gasteiger partial charge in [0.1, 0.15) is 11.6 Å². The molecule has 0 saturated carbocycles. The number of aryl methyl sites for hydroxylation is 1. The molecule has 31 heavy (non-hydrogen) atoms. The van der Waals surface area contributed by atoms with Crippen LogP contribution in [0.5, 0.6) is 0 Å². The molecule has 1 aromatic heterocycles. The van der Waals surface area contributed by atoms with E-state index in [2.05, 4.69) is 41.8 Å². The third-order valence-corrected chi connectivity index (χ3v) is 6.27. The van der Waals surface area contributed by atoms with Gasteiger partial charge in [0, 0.05) is 39.9 Å². The first-order valence-electron chi connectivity index (χ1n) is 9.74. The molecular weight excluding hydrogens is 526 g/mol. The van der Waals surface area contributed by atoms with Gasteiger partial charge in [-0.1, -0.05) is 56.1 Å². The van der Waals surface area contributed by atoms with Crippen LogP contribution in [-0.4, -0.2) is 38.2 Å². The Hall–Kier alpha value is -2.71. The fourth-order valence-corrected chi connectivity index (χ4v) is 4.25. The Morgan fingerprint density at radius 1 is 1.03 bits per heavy atom. The number of ketones is 1. The minimum absolute atomic E-state index is 0.104. The number of carbonyl (C=O) groups excluding carboxylic acids is 2. The number of carbonyl (C=O) groups is 2.